The number of hydrogen-bond acceptors (Lipinski definition) is 3. The van der Waals surface area contributed by atoms with Crippen molar-refractivity contribution in [3.05, 3.63) is 21.9 Å². The van der Waals surface area contributed by atoms with Gasteiger partial charge in [0.05, 0.1) is 0 Å². The molecular formula is C11H18N2S. The molecule has 2 unspecified atom stereocenters. The highest BCUT2D eigenvalue weighted by Crippen LogP contribution is 2.19. The fourth-order valence-corrected chi connectivity index (χ4v) is 2.87. The van der Waals surface area contributed by atoms with Gasteiger partial charge in [0.15, 0.2) is 0 Å². The highest BCUT2D eigenvalue weighted by molar-refractivity contribution is 7.11. The predicted octanol–water partition coefficient (Wildman–Crippen LogP) is 2.03. The van der Waals surface area contributed by atoms with Gasteiger partial charge in [0.1, 0.15) is 0 Å². The Labute approximate surface area is 89.5 Å². The van der Waals surface area contributed by atoms with Crippen molar-refractivity contribution in [3.63, 3.8) is 0 Å². The first kappa shape index (κ1) is 10.1. The predicted molar refractivity (Wildman–Crippen MR) is 61.5 cm³/mol. The zero-order valence-corrected chi connectivity index (χ0v) is 9.44. The first-order chi connectivity index (χ1) is 6.74. The maximum Gasteiger partial charge on any atom is 0.0302 e. The lowest BCUT2D eigenvalue weighted by molar-refractivity contribution is 0.519. The minimum atomic E-state index is 0.428. The quantitative estimate of drug-likeness (QED) is 0.801. The van der Waals surface area contributed by atoms with Gasteiger partial charge in [0, 0.05) is 28.4 Å². The second kappa shape index (κ2) is 4.43. The second-order valence-electron chi connectivity index (χ2n) is 4.16. The third-order valence-corrected chi connectivity index (χ3v) is 3.83. The highest BCUT2D eigenvalue weighted by Gasteiger charge is 2.20. The summed E-state index contributed by atoms with van der Waals surface area (Å²) in [5.41, 5.74) is 5.86. The van der Waals surface area contributed by atoms with E-state index in [0.29, 0.717) is 12.1 Å². The summed E-state index contributed by atoms with van der Waals surface area (Å²) in [6.07, 6.45) is 3.57. The Morgan fingerprint density at radius 3 is 2.93 bits per heavy atom. The van der Waals surface area contributed by atoms with Crippen LogP contribution in [0.3, 0.4) is 0 Å². The zero-order chi connectivity index (χ0) is 9.97. The molecule has 2 nitrogen and oxygen atoms in total. The van der Waals surface area contributed by atoms with Crippen LogP contribution in [0.25, 0.3) is 0 Å². The van der Waals surface area contributed by atoms with E-state index in [0.717, 1.165) is 13.0 Å². The average Bonchev–Trinajstić information content (AvgIpc) is 2.72. The van der Waals surface area contributed by atoms with Gasteiger partial charge in [-0.05, 0) is 38.3 Å². The largest absolute Gasteiger partial charge is 0.328 e. The van der Waals surface area contributed by atoms with Gasteiger partial charge in [-0.2, -0.15) is 0 Å². The number of thiophene rings is 1. The Hall–Kier alpha value is -0.380. The first-order valence-corrected chi connectivity index (χ1v) is 6.10. The second-order valence-corrected chi connectivity index (χ2v) is 5.54. The summed E-state index contributed by atoms with van der Waals surface area (Å²) >= 11 is 1.88. The van der Waals surface area contributed by atoms with Crippen molar-refractivity contribution in [2.24, 2.45) is 5.73 Å². The Bertz CT molecular complexity index is 295. The molecule has 1 aromatic heterocycles. The average molecular weight is 210 g/mol. The van der Waals surface area contributed by atoms with Gasteiger partial charge in [-0.15, -0.1) is 11.3 Å². The minimum absolute atomic E-state index is 0.428. The third-order valence-electron chi connectivity index (χ3n) is 2.83. The normalized spacial score (nSPS) is 27.0. The maximum absolute atomic E-state index is 5.86. The Balaban J connectivity index is 1.77. The SMILES string of the molecule is Cc1ccc(CNC2CCC(N)C2)s1. The van der Waals surface area contributed by atoms with Crippen LogP contribution in [0, 0.1) is 6.92 Å². The summed E-state index contributed by atoms with van der Waals surface area (Å²) in [4.78, 5) is 2.83. The van der Waals surface area contributed by atoms with E-state index in [1.165, 1.54) is 22.6 Å². The minimum Gasteiger partial charge on any atom is -0.328 e. The number of rotatable bonds is 3. The highest BCUT2D eigenvalue weighted by atomic mass is 32.1. The summed E-state index contributed by atoms with van der Waals surface area (Å²) in [5.74, 6) is 0. The van der Waals surface area contributed by atoms with E-state index >= 15 is 0 Å². The van der Waals surface area contributed by atoms with Gasteiger partial charge < -0.3 is 11.1 Å². The standard InChI is InChI=1S/C11H18N2S/c1-8-2-5-11(14-8)7-13-10-4-3-9(12)6-10/h2,5,9-10,13H,3-4,6-7,12H2,1H3. The number of hydrogen-bond donors (Lipinski definition) is 2. The molecule has 1 aliphatic carbocycles. The number of nitrogens with one attached hydrogen (secondary N) is 1. The summed E-state index contributed by atoms with van der Waals surface area (Å²) < 4.78 is 0. The van der Waals surface area contributed by atoms with Crippen molar-refractivity contribution in [2.45, 2.75) is 44.8 Å². The molecule has 78 valence electrons. The summed E-state index contributed by atoms with van der Waals surface area (Å²) in [6.45, 7) is 3.16. The van der Waals surface area contributed by atoms with Crippen LogP contribution in [0.5, 0.6) is 0 Å². The maximum atomic E-state index is 5.86. The van der Waals surface area contributed by atoms with E-state index in [1.54, 1.807) is 0 Å². The lowest BCUT2D eigenvalue weighted by Crippen LogP contribution is -2.27. The molecule has 0 spiro atoms. The van der Waals surface area contributed by atoms with E-state index in [4.69, 9.17) is 5.73 Å². The van der Waals surface area contributed by atoms with Crippen molar-refractivity contribution in [1.29, 1.82) is 0 Å². The zero-order valence-electron chi connectivity index (χ0n) is 8.62. The number of nitrogens with two attached hydrogens (primary N) is 1. The third kappa shape index (κ3) is 2.56. The van der Waals surface area contributed by atoms with Gasteiger partial charge in [-0.3, -0.25) is 0 Å². The van der Waals surface area contributed by atoms with Crippen LogP contribution < -0.4 is 11.1 Å². The molecule has 0 saturated heterocycles. The summed E-state index contributed by atoms with van der Waals surface area (Å²) in [7, 11) is 0. The lowest BCUT2D eigenvalue weighted by Gasteiger charge is -2.10. The van der Waals surface area contributed by atoms with E-state index in [1.807, 2.05) is 11.3 Å². The fraction of sp³-hybridized carbons (Fsp3) is 0.636. The van der Waals surface area contributed by atoms with Crippen LogP contribution in [-0.2, 0) is 6.54 Å². The molecule has 0 aromatic carbocycles. The molecule has 3 heteroatoms. The molecule has 0 aliphatic heterocycles. The van der Waals surface area contributed by atoms with Crippen molar-refractivity contribution >= 4 is 11.3 Å². The topological polar surface area (TPSA) is 38.0 Å². The number of aryl methyl sites for hydroxylation is 1. The summed E-state index contributed by atoms with van der Waals surface area (Å²) in [6, 6.07) is 5.47. The van der Waals surface area contributed by atoms with Crippen LogP contribution in [0.15, 0.2) is 12.1 Å². The van der Waals surface area contributed by atoms with Crippen LogP contribution in [0.2, 0.25) is 0 Å². The van der Waals surface area contributed by atoms with Gasteiger partial charge >= 0.3 is 0 Å². The van der Waals surface area contributed by atoms with E-state index in [2.05, 4.69) is 24.4 Å². The van der Waals surface area contributed by atoms with Crippen molar-refractivity contribution in [3.8, 4) is 0 Å². The molecule has 2 atom stereocenters. The molecule has 1 heterocycles. The lowest BCUT2D eigenvalue weighted by atomic mass is 10.2. The van der Waals surface area contributed by atoms with E-state index in [9.17, 15) is 0 Å². The molecule has 1 fully saturated rings. The van der Waals surface area contributed by atoms with Crippen LogP contribution >= 0.6 is 11.3 Å². The van der Waals surface area contributed by atoms with Crippen LogP contribution in [0.4, 0.5) is 0 Å². The van der Waals surface area contributed by atoms with E-state index < -0.39 is 0 Å². The van der Waals surface area contributed by atoms with Gasteiger partial charge in [-0.25, -0.2) is 0 Å². The molecule has 1 aromatic rings. The van der Waals surface area contributed by atoms with E-state index in [-0.39, 0.29) is 0 Å². The molecule has 0 radical (unpaired) electrons. The van der Waals surface area contributed by atoms with Crippen LogP contribution in [-0.4, -0.2) is 12.1 Å². The van der Waals surface area contributed by atoms with Gasteiger partial charge in [0.25, 0.3) is 0 Å². The summed E-state index contributed by atoms with van der Waals surface area (Å²) in [5, 5.41) is 3.57. The molecule has 0 amide bonds. The molecule has 1 aliphatic rings. The Morgan fingerprint density at radius 2 is 2.36 bits per heavy atom. The van der Waals surface area contributed by atoms with Crippen molar-refractivity contribution in [2.75, 3.05) is 0 Å². The van der Waals surface area contributed by atoms with Crippen molar-refractivity contribution in [1.82, 2.24) is 5.32 Å². The van der Waals surface area contributed by atoms with Gasteiger partial charge in [-0.1, -0.05) is 0 Å². The smallest absolute Gasteiger partial charge is 0.0302 e. The molecular weight excluding hydrogens is 192 g/mol. The fourth-order valence-electron chi connectivity index (χ4n) is 2.03. The molecule has 2 rings (SSSR count). The molecule has 0 bridgehead atoms. The Morgan fingerprint density at radius 1 is 1.50 bits per heavy atom. The first-order valence-electron chi connectivity index (χ1n) is 5.28. The molecule has 1 saturated carbocycles. The van der Waals surface area contributed by atoms with Crippen molar-refractivity contribution < 1.29 is 0 Å². The molecule has 14 heavy (non-hydrogen) atoms. The van der Waals surface area contributed by atoms with Crippen LogP contribution in [0.1, 0.15) is 29.0 Å². The Kier molecular flexibility index (Phi) is 3.21. The monoisotopic (exact) mass is 210 g/mol. The molecule has 3 N–H and O–H groups in total. The van der Waals surface area contributed by atoms with Gasteiger partial charge in [0.2, 0.25) is 0 Å².